The van der Waals surface area contributed by atoms with Crippen molar-refractivity contribution in [1.29, 1.82) is 0 Å². The van der Waals surface area contributed by atoms with E-state index < -0.39 is 0 Å². The lowest BCUT2D eigenvalue weighted by atomic mass is 10.3. The molecule has 0 amide bonds. The zero-order valence-electron chi connectivity index (χ0n) is 11.7. The van der Waals surface area contributed by atoms with E-state index in [1.54, 1.807) is 11.9 Å². The lowest BCUT2D eigenvalue weighted by molar-refractivity contribution is 0.416. The average molecular weight is 255 g/mol. The fraction of sp³-hybridized carbons (Fsp3) is 0.692. The second-order valence-electron chi connectivity index (χ2n) is 4.44. The molecule has 3 nitrogen and oxygen atoms in total. The Morgan fingerprint density at radius 3 is 2.65 bits per heavy atom. The molecule has 0 spiro atoms. The van der Waals surface area contributed by atoms with E-state index in [1.165, 1.54) is 29.9 Å². The highest BCUT2D eigenvalue weighted by Crippen LogP contribution is 2.28. The summed E-state index contributed by atoms with van der Waals surface area (Å²) in [5.41, 5.74) is 3.94. The van der Waals surface area contributed by atoms with Crippen LogP contribution in [0, 0.1) is 0 Å². The number of hydrogen-bond acceptors (Lipinski definition) is 4. The van der Waals surface area contributed by atoms with Gasteiger partial charge in [-0.3, -0.25) is 4.31 Å². The normalized spacial score (nSPS) is 17.1. The molecule has 17 heavy (non-hydrogen) atoms. The molecule has 0 aromatic carbocycles. The second kappa shape index (κ2) is 6.84. The smallest absolute Gasteiger partial charge is 0.105 e. The van der Waals surface area contributed by atoms with Gasteiger partial charge in [0.15, 0.2) is 0 Å². The maximum absolute atomic E-state index is 3.45. The molecule has 0 aromatic rings. The summed E-state index contributed by atoms with van der Waals surface area (Å²) in [6, 6.07) is 0. The van der Waals surface area contributed by atoms with Crippen molar-refractivity contribution in [3.63, 3.8) is 0 Å². The maximum Gasteiger partial charge on any atom is 0.105 e. The molecule has 1 N–H and O–H groups in total. The summed E-state index contributed by atoms with van der Waals surface area (Å²) in [4.78, 5) is 2.31. The van der Waals surface area contributed by atoms with Crippen molar-refractivity contribution in [1.82, 2.24) is 14.5 Å². The molecule has 0 saturated carbocycles. The van der Waals surface area contributed by atoms with Crippen molar-refractivity contribution in [2.45, 2.75) is 40.5 Å². The molecule has 4 heteroatoms. The Labute approximate surface area is 110 Å². The highest BCUT2D eigenvalue weighted by molar-refractivity contribution is 7.96. The van der Waals surface area contributed by atoms with E-state index in [1.807, 2.05) is 0 Å². The molecule has 98 valence electrons. The molecule has 0 aromatic heterocycles. The van der Waals surface area contributed by atoms with Crippen molar-refractivity contribution in [2.75, 3.05) is 19.5 Å². The van der Waals surface area contributed by atoms with Crippen LogP contribution < -0.4 is 5.32 Å². The Hall–Kier alpha value is -0.770. The van der Waals surface area contributed by atoms with Crippen molar-refractivity contribution >= 4 is 11.9 Å². The van der Waals surface area contributed by atoms with Gasteiger partial charge in [0.2, 0.25) is 0 Å². The van der Waals surface area contributed by atoms with Crippen molar-refractivity contribution < 1.29 is 0 Å². The third kappa shape index (κ3) is 3.87. The van der Waals surface area contributed by atoms with Crippen LogP contribution in [0.4, 0.5) is 0 Å². The first kappa shape index (κ1) is 14.3. The summed E-state index contributed by atoms with van der Waals surface area (Å²) >= 11 is 1.78. The van der Waals surface area contributed by atoms with Crippen LogP contribution in [-0.2, 0) is 0 Å². The van der Waals surface area contributed by atoms with Crippen LogP contribution in [0.1, 0.15) is 40.5 Å². The molecule has 0 saturated heterocycles. The molecule has 1 aliphatic rings. The SMILES string of the molecule is CCCCN/C(C)=C\N1CN(SC)C(C)=C1C. The fourth-order valence-electron chi connectivity index (χ4n) is 1.81. The van der Waals surface area contributed by atoms with E-state index in [0.29, 0.717) is 0 Å². The average Bonchev–Trinajstić information content (AvgIpc) is 2.57. The second-order valence-corrected chi connectivity index (χ2v) is 5.24. The van der Waals surface area contributed by atoms with Gasteiger partial charge in [0.1, 0.15) is 6.67 Å². The Morgan fingerprint density at radius 2 is 2.12 bits per heavy atom. The van der Waals surface area contributed by atoms with Crippen LogP contribution in [0.15, 0.2) is 23.3 Å². The molecule has 1 aliphatic heterocycles. The van der Waals surface area contributed by atoms with Crippen molar-refractivity contribution in [3.8, 4) is 0 Å². The number of rotatable bonds is 6. The van der Waals surface area contributed by atoms with Gasteiger partial charge in [0, 0.05) is 36.1 Å². The van der Waals surface area contributed by atoms with Crippen LogP contribution in [0.25, 0.3) is 0 Å². The van der Waals surface area contributed by atoms with E-state index in [-0.39, 0.29) is 0 Å². The molecule has 1 rings (SSSR count). The number of allylic oxidation sites excluding steroid dienone is 3. The van der Waals surface area contributed by atoms with E-state index in [2.05, 4.69) is 54.7 Å². The minimum absolute atomic E-state index is 0.950. The zero-order chi connectivity index (χ0) is 12.8. The Morgan fingerprint density at radius 1 is 1.41 bits per heavy atom. The Balaban J connectivity index is 2.55. The molecule has 0 radical (unpaired) electrons. The van der Waals surface area contributed by atoms with E-state index in [4.69, 9.17) is 0 Å². The van der Waals surface area contributed by atoms with Gasteiger partial charge in [-0.05, 0) is 27.2 Å². The van der Waals surface area contributed by atoms with E-state index >= 15 is 0 Å². The van der Waals surface area contributed by atoms with Crippen LogP contribution >= 0.6 is 11.9 Å². The quantitative estimate of drug-likeness (QED) is 0.579. The third-order valence-electron chi connectivity index (χ3n) is 3.11. The molecule has 0 bridgehead atoms. The summed E-state index contributed by atoms with van der Waals surface area (Å²) in [6.45, 7) is 10.7. The number of nitrogens with zero attached hydrogens (tertiary/aromatic N) is 2. The largest absolute Gasteiger partial charge is 0.387 e. The predicted octanol–water partition coefficient (Wildman–Crippen LogP) is 3.34. The van der Waals surface area contributed by atoms with E-state index in [9.17, 15) is 0 Å². The maximum atomic E-state index is 3.45. The molecule has 1 heterocycles. The first-order chi connectivity index (χ1) is 8.10. The summed E-state index contributed by atoms with van der Waals surface area (Å²) in [5.74, 6) is 0. The van der Waals surface area contributed by atoms with Gasteiger partial charge in [-0.1, -0.05) is 25.3 Å². The van der Waals surface area contributed by atoms with Gasteiger partial charge in [-0.2, -0.15) is 0 Å². The van der Waals surface area contributed by atoms with Gasteiger partial charge in [-0.15, -0.1) is 0 Å². The lowest BCUT2D eigenvalue weighted by Crippen LogP contribution is -2.21. The van der Waals surface area contributed by atoms with Gasteiger partial charge < -0.3 is 10.2 Å². The van der Waals surface area contributed by atoms with Crippen molar-refractivity contribution in [2.24, 2.45) is 0 Å². The summed E-state index contributed by atoms with van der Waals surface area (Å²) in [5, 5.41) is 3.45. The fourth-order valence-corrected chi connectivity index (χ4v) is 2.46. The standard InChI is InChI=1S/C13H25N3S/c1-6-7-8-14-11(2)9-15-10-16(17-5)13(4)12(15)3/h9,14H,6-8,10H2,1-5H3/b11-9-. The van der Waals surface area contributed by atoms with Gasteiger partial charge in [-0.25, -0.2) is 0 Å². The summed E-state index contributed by atoms with van der Waals surface area (Å²) in [7, 11) is 0. The van der Waals surface area contributed by atoms with Crippen LogP contribution in [0.2, 0.25) is 0 Å². The number of nitrogens with one attached hydrogen (secondary N) is 1. The molecular formula is C13H25N3S. The predicted molar refractivity (Wildman–Crippen MR) is 77.1 cm³/mol. The highest BCUT2D eigenvalue weighted by atomic mass is 32.2. The molecule has 0 atom stereocenters. The molecular weight excluding hydrogens is 230 g/mol. The number of hydrogen-bond donors (Lipinski definition) is 1. The van der Waals surface area contributed by atoms with Gasteiger partial charge in [0.25, 0.3) is 0 Å². The number of unbranched alkanes of at least 4 members (excludes halogenated alkanes) is 1. The monoisotopic (exact) mass is 255 g/mol. The summed E-state index contributed by atoms with van der Waals surface area (Å²) < 4.78 is 2.31. The van der Waals surface area contributed by atoms with E-state index in [0.717, 1.165) is 13.2 Å². The Bertz CT molecular complexity index is 310. The van der Waals surface area contributed by atoms with Crippen LogP contribution in [-0.4, -0.2) is 28.7 Å². The minimum Gasteiger partial charge on any atom is -0.387 e. The van der Waals surface area contributed by atoms with Gasteiger partial charge in [0.05, 0.1) is 0 Å². The first-order valence-electron chi connectivity index (χ1n) is 6.28. The van der Waals surface area contributed by atoms with Gasteiger partial charge >= 0.3 is 0 Å². The molecule has 0 aliphatic carbocycles. The topological polar surface area (TPSA) is 18.5 Å². The highest BCUT2D eigenvalue weighted by Gasteiger charge is 2.21. The van der Waals surface area contributed by atoms with Crippen molar-refractivity contribution in [3.05, 3.63) is 23.3 Å². The third-order valence-corrected chi connectivity index (χ3v) is 3.94. The Kier molecular flexibility index (Phi) is 5.75. The zero-order valence-corrected chi connectivity index (χ0v) is 12.5. The lowest BCUT2D eigenvalue weighted by Gasteiger charge is -2.19. The first-order valence-corrected chi connectivity index (χ1v) is 7.46. The van der Waals surface area contributed by atoms with Crippen LogP contribution in [0.3, 0.4) is 0 Å². The molecule has 0 unspecified atom stereocenters. The van der Waals surface area contributed by atoms with Crippen LogP contribution in [0.5, 0.6) is 0 Å². The minimum atomic E-state index is 0.950. The molecule has 0 fully saturated rings. The summed E-state index contributed by atoms with van der Waals surface area (Å²) in [6.07, 6.45) is 6.80.